The molecule has 8 rings (SSSR count). The highest BCUT2D eigenvalue weighted by Gasteiger charge is 2.46. The molecule has 8 N–H and O–H groups in total. The average molecular weight is 923 g/mol. The van der Waals surface area contributed by atoms with Crippen LogP contribution in [0.4, 0.5) is 0 Å². The molecule has 0 unspecified atom stereocenters. The van der Waals surface area contributed by atoms with E-state index in [4.69, 9.17) is 28.4 Å². The Hall–Kier alpha value is -3.18. The Morgan fingerprint density at radius 3 is 1.50 bits per heavy atom. The second-order valence-corrected chi connectivity index (χ2v) is 18.5. The summed E-state index contributed by atoms with van der Waals surface area (Å²) in [6.07, 6.45) is -8.73. The summed E-state index contributed by atoms with van der Waals surface area (Å²) in [4.78, 5) is 4.93. The Morgan fingerprint density at radius 2 is 1.10 bits per heavy atom. The van der Waals surface area contributed by atoms with Crippen LogP contribution < -0.4 is 0 Å². The van der Waals surface area contributed by atoms with Crippen molar-refractivity contribution in [1.29, 1.82) is 0 Å². The minimum absolute atomic E-state index is 0.0395. The zero-order valence-corrected chi connectivity index (χ0v) is 35.8. The molecule has 338 valence electrons. The molecule has 23 heteroatoms. The maximum Gasteiger partial charge on any atom is 0.186 e. The van der Waals surface area contributed by atoms with Gasteiger partial charge in [-0.2, -0.15) is 0 Å². The Bertz CT molecular complexity index is 2000. The highest BCUT2D eigenvalue weighted by molar-refractivity contribution is 7.26. The molecule has 0 bridgehead atoms. The van der Waals surface area contributed by atoms with E-state index in [2.05, 4.69) is 55.6 Å². The van der Waals surface area contributed by atoms with Gasteiger partial charge < -0.3 is 69.3 Å². The minimum Gasteiger partial charge on any atom is -0.394 e. The van der Waals surface area contributed by atoms with Crippen molar-refractivity contribution in [2.75, 3.05) is 39.6 Å². The van der Waals surface area contributed by atoms with Crippen LogP contribution in [0.5, 0.6) is 0 Å². The van der Waals surface area contributed by atoms with Crippen LogP contribution in [0.3, 0.4) is 0 Å². The van der Waals surface area contributed by atoms with Gasteiger partial charge in [-0.3, -0.25) is 0 Å². The molecule has 0 amide bonds. The number of fused-ring (bicyclic) bond motifs is 1. The van der Waals surface area contributed by atoms with E-state index in [1.54, 1.807) is 44.4 Å². The first-order chi connectivity index (χ1) is 30.1. The molecule has 62 heavy (non-hydrogen) atoms. The van der Waals surface area contributed by atoms with Crippen LogP contribution in [0.15, 0.2) is 47.4 Å². The lowest BCUT2D eigenvalue weighted by Gasteiger charge is -2.39. The van der Waals surface area contributed by atoms with Crippen LogP contribution in [-0.4, -0.2) is 172 Å². The molecule has 3 aliphatic rings. The summed E-state index contributed by atoms with van der Waals surface area (Å²) < 4.78 is 38.0. The first kappa shape index (κ1) is 45.4. The van der Waals surface area contributed by atoms with Gasteiger partial charge in [-0.15, -0.1) is 44.2 Å². The maximum absolute atomic E-state index is 10.3. The number of hydrogen-bond acceptors (Lipinski definition) is 21. The highest BCUT2D eigenvalue weighted by atomic mass is 32.1. The van der Waals surface area contributed by atoms with Crippen molar-refractivity contribution >= 4 is 34.0 Å². The summed E-state index contributed by atoms with van der Waals surface area (Å²) in [5.41, 5.74) is 3.34. The third-order valence-electron chi connectivity index (χ3n) is 11.1. The standard InChI is InChI=1S/C39H50N6O14S3/c46-15-25-29(48)31(50)33(52)37(58-25)56-7-5-44-13-21(40-42-44)17-54-19-39(11-23-24(12-39)36(28-4-2-10-61-28)62-35(23)27-3-1-9-60-27)20-55-18-22-14-45(43-41-22)6-8-57-38-34(53)32(51)30(49)26(16-47)59-38/h1-4,9-10,13-14,25-26,29-34,37-38,46-53H,5-8,11-12,15-20H2/t25-,26-,29+,30+,31+,32+,33-,34-,37-,38-/m1/s1. The molecule has 7 heterocycles. The highest BCUT2D eigenvalue weighted by Crippen LogP contribution is 2.53. The van der Waals surface area contributed by atoms with Crippen LogP contribution >= 0.6 is 34.0 Å². The van der Waals surface area contributed by atoms with Crippen LogP contribution in [-0.2, 0) is 67.6 Å². The lowest BCUT2D eigenvalue weighted by molar-refractivity contribution is -0.301. The van der Waals surface area contributed by atoms with Gasteiger partial charge >= 0.3 is 0 Å². The quantitative estimate of drug-likeness (QED) is 0.0491. The molecule has 0 saturated carbocycles. The molecule has 0 aromatic carbocycles. The molecule has 10 atom stereocenters. The van der Waals surface area contributed by atoms with Gasteiger partial charge in [-0.1, -0.05) is 22.6 Å². The van der Waals surface area contributed by atoms with Gasteiger partial charge in [0.25, 0.3) is 0 Å². The van der Waals surface area contributed by atoms with Gasteiger partial charge in [0.05, 0.1) is 78.3 Å². The molecule has 2 saturated heterocycles. The van der Waals surface area contributed by atoms with Crippen molar-refractivity contribution in [3.8, 4) is 19.5 Å². The van der Waals surface area contributed by atoms with Crippen molar-refractivity contribution in [1.82, 2.24) is 30.0 Å². The molecule has 5 aromatic heterocycles. The van der Waals surface area contributed by atoms with Crippen LogP contribution in [0.1, 0.15) is 22.5 Å². The van der Waals surface area contributed by atoms with Gasteiger partial charge in [-0.05, 0) is 46.9 Å². The van der Waals surface area contributed by atoms with Crippen molar-refractivity contribution < 1.29 is 69.3 Å². The van der Waals surface area contributed by atoms with E-state index in [-0.39, 0.29) is 39.5 Å². The predicted octanol–water partition coefficient (Wildman–Crippen LogP) is -0.460. The number of aliphatic hydroxyl groups excluding tert-OH is 8. The SMILES string of the molecule is OC[C@H]1O[C@@H](OCCn2cc(COCC3(COCc4cn(CCO[C@@H]5O[C@H](CO)[C@H](O)[C@H](O)[C@H]5O)nn4)Cc4c(-c5cccs5)sc(-c5cccs5)c4C3)nn2)[C@H](O)[C@@H](O)[C@H]1O. The van der Waals surface area contributed by atoms with Crippen molar-refractivity contribution in [3.63, 3.8) is 0 Å². The number of aliphatic hydroxyl groups is 8. The number of nitrogens with zero attached hydrogens (tertiary/aromatic N) is 6. The van der Waals surface area contributed by atoms with E-state index < -0.39 is 80.0 Å². The van der Waals surface area contributed by atoms with E-state index >= 15 is 0 Å². The second kappa shape index (κ2) is 20.3. The zero-order chi connectivity index (χ0) is 43.4. The molecular weight excluding hydrogens is 873 g/mol. The first-order valence-corrected chi connectivity index (χ1v) is 22.6. The van der Waals surface area contributed by atoms with Gasteiger partial charge in [0, 0.05) is 24.9 Å². The Labute approximate surface area is 367 Å². The van der Waals surface area contributed by atoms with Crippen molar-refractivity contribution in [3.05, 3.63) is 69.9 Å². The summed E-state index contributed by atoms with van der Waals surface area (Å²) in [5, 5.41) is 101. The Morgan fingerprint density at radius 1 is 0.645 bits per heavy atom. The van der Waals surface area contributed by atoms with Gasteiger partial charge in [-0.25, -0.2) is 9.36 Å². The van der Waals surface area contributed by atoms with Crippen molar-refractivity contribution in [2.24, 2.45) is 5.41 Å². The van der Waals surface area contributed by atoms with E-state index in [1.165, 1.54) is 30.6 Å². The summed E-state index contributed by atoms with van der Waals surface area (Å²) in [6, 6.07) is 8.43. The monoisotopic (exact) mass is 922 g/mol. The van der Waals surface area contributed by atoms with Crippen LogP contribution in [0, 0.1) is 5.41 Å². The predicted molar refractivity (Wildman–Crippen MR) is 220 cm³/mol. The van der Waals surface area contributed by atoms with E-state index in [9.17, 15) is 40.9 Å². The largest absolute Gasteiger partial charge is 0.394 e. The Kier molecular flexibility index (Phi) is 14.9. The topological polar surface area (TPSA) is 279 Å². The lowest BCUT2D eigenvalue weighted by atomic mass is 9.86. The fourth-order valence-electron chi connectivity index (χ4n) is 7.85. The molecule has 2 fully saturated rings. The third kappa shape index (κ3) is 10.0. The van der Waals surface area contributed by atoms with Gasteiger partial charge in [0.2, 0.25) is 0 Å². The number of rotatable bonds is 20. The number of ether oxygens (including phenoxy) is 6. The third-order valence-corrected chi connectivity index (χ3v) is 14.5. The number of hydrogen-bond donors (Lipinski definition) is 8. The van der Waals surface area contributed by atoms with Crippen molar-refractivity contribution in [2.45, 2.75) is 101 Å². The maximum atomic E-state index is 10.3. The molecule has 1 aliphatic carbocycles. The second-order valence-electron chi connectivity index (χ2n) is 15.6. The van der Waals surface area contributed by atoms with E-state index in [1.807, 2.05) is 11.3 Å². The zero-order valence-electron chi connectivity index (χ0n) is 33.3. The molecule has 5 aromatic rings. The average Bonchev–Trinajstić information content (AvgIpc) is 4.14. The fraction of sp³-hybridized carbons (Fsp3) is 0.590. The summed E-state index contributed by atoms with van der Waals surface area (Å²) in [7, 11) is 0. The van der Waals surface area contributed by atoms with E-state index in [0.717, 1.165) is 12.8 Å². The molecule has 20 nitrogen and oxygen atoms in total. The number of aromatic nitrogens is 6. The normalized spacial score (nSPS) is 28.5. The molecular formula is C39H50N6O14S3. The smallest absolute Gasteiger partial charge is 0.186 e. The van der Waals surface area contributed by atoms with Crippen LogP contribution in [0.25, 0.3) is 19.5 Å². The Balaban J connectivity index is 0.892. The molecule has 0 spiro atoms. The molecule has 2 aliphatic heterocycles. The van der Waals surface area contributed by atoms with E-state index in [0.29, 0.717) is 24.6 Å². The van der Waals surface area contributed by atoms with Crippen LogP contribution in [0.2, 0.25) is 0 Å². The van der Waals surface area contributed by atoms with Gasteiger partial charge in [0.15, 0.2) is 12.6 Å². The first-order valence-electron chi connectivity index (χ1n) is 20.1. The lowest BCUT2D eigenvalue weighted by Crippen LogP contribution is -2.59. The van der Waals surface area contributed by atoms with Gasteiger partial charge in [0.1, 0.15) is 60.2 Å². The summed E-state index contributed by atoms with van der Waals surface area (Å²) >= 11 is 5.25. The minimum atomic E-state index is -1.53. The number of thiophene rings is 3. The summed E-state index contributed by atoms with van der Waals surface area (Å²) in [6.45, 7) is 0.532. The summed E-state index contributed by atoms with van der Waals surface area (Å²) in [5.74, 6) is 0. The fourth-order valence-corrected chi connectivity index (χ4v) is 11.0. The molecule has 0 radical (unpaired) electrons.